The molecule has 2 heterocycles. The van der Waals surface area contributed by atoms with E-state index in [0.29, 0.717) is 11.4 Å². The van der Waals surface area contributed by atoms with Gasteiger partial charge < -0.3 is 19.0 Å². The van der Waals surface area contributed by atoms with Gasteiger partial charge in [0.05, 0.1) is 18.3 Å². The lowest BCUT2D eigenvalue weighted by Crippen LogP contribution is -2.41. The number of carbonyl (C=O) groups excluding carboxylic acids is 2. The number of methoxy groups -OCH3 is 1. The zero-order valence-corrected chi connectivity index (χ0v) is 16.3. The van der Waals surface area contributed by atoms with Gasteiger partial charge in [-0.2, -0.15) is 0 Å². The van der Waals surface area contributed by atoms with Crippen LogP contribution in [0.3, 0.4) is 0 Å². The summed E-state index contributed by atoms with van der Waals surface area (Å²) in [5.74, 6) is 0.0141. The molecule has 0 amide bonds. The van der Waals surface area contributed by atoms with E-state index in [-0.39, 0.29) is 5.12 Å². The second kappa shape index (κ2) is 7.39. The minimum Gasteiger partial charge on any atom is -0.464 e. The molecule has 0 bridgehead atoms. The maximum Gasteiger partial charge on any atom is 0.491 e. The monoisotopic (exact) mass is 365 g/mol. The first kappa shape index (κ1) is 19.8. The van der Waals surface area contributed by atoms with Gasteiger partial charge in [0, 0.05) is 18.9 Å². The molecule has 0 saturated carbocycles. The van der Waals surface area contributed by atoms with Gasteiger partial charge in [0.25, 0.3) is 0 Å². The van der Waals surface area contributed by atoms with Crippen molar-refractivity contribution < 1.29 is 23.6 Å². The number of H-pyrrole nitrogens is 1. The SMILES string of the molecule is COC(=O)c1cc(C=C(CSC(C)=O)B2OC(C)(C)C(C)(C)O2)c[nH]1. The van der Waals surface area contributed by atoms with E-state index in [1.165, 1.54) is 25.8 Å². The number of thioether (sulfide) groups is 1. The van der Waals surface area contributed by atoms with E-state index in [9.17, 15) is 9.59 Å². The predicted molar refractivity (Wildman–Crippen MR) is 99.3 cm³/mol. The van der Waals surface area contributed by atoms with E-state index in [1.807, 2.05) is 33.8 Å². The van der Waals surface area contributed by atoms with Crippen LogP contribution < -0.4 is 0 Å². The van der Waals surface area contributed by atoms with Crippen molar-refractivity contribution in [1.29, 1.82) is 0 Å². The molecule has 0 aliphatic carbocycles. The molecule has 1 aliphatic rings. The van der Waals surface area contributed by atoms with Gasteiger partial charge in [-0.05, 0) is 44.8 Å². The first-order valence-corrected chi connectivity index (χ1v) is 9.00. The molecule has 25 heavy (non-hydrogen) atoms. The molecule has 0 atom stereocenters. The molecule has 1 N–H and O–H groups in total. The van der Waals surface area contributed by atoms with E-state index in [4.69, 9.17) is 14.0 Å². The van der Waals surface area contributed by atoms with Gasteiger partial charge in [0.1, 0.15) is 5.69 Å². The molecular formula is C17H24BNO5S. The lowest BCUT2D eigenvalue weighted by atomic mass is 9.78. The lowest BCUT2D eigenvalue weighted by molar-refractivity contribution is -0.109. The molecule has 136 valence electrons. The molecule has 0 unspecified atom stereocenters. The van der Waals surface area contributed by atoms with E-state index >= 15 is 0 Å². The minimum atomic E-state index is -0.548. The first-order chi connectivity index (χ1) is 11.6. The van der Waals surface area contributed by atoms with E-state index in [2.05, 4.69) is 4.98 Å². The number of hydrogen-bond acceptors (Lipinski definition) is 6. The highest BCUT2D eigenvalue weighted by Crippen LogP contribution is 2.39. The summed E-state index contributed by atoms with van der Waals surface area (Å²) in [7, 11) is 0.783. The highest BCUT2D eigenvalue weighted by atomic mass is 32.2. The van der Waals surface area contributed by atoms with Crippen LogP contribution in [0, 0.1) is 0 Å². The highest BCUT2D eigenvalue weighted by molar-refractivity contribution is 8.13. The Labute approximate surface area is 152 Å². The van der Waals surface area contributed by atoms with Gasteiger partial charge in [-0.15, -0.1) is 0 Å². The van der Waals surface area contributed by atoms with Crippen molar-refractivity contribution in [2.45, 2.75) is 45.8 Å². The Morgan fingerprint density at radius 3 is 2.40 bits per heavy atom. The van der Waals surface area contributed by atoms with Gasteiger partial charge in [0.15, 0.2) is 5.12 Å². The molecule has 6 nitrogen and oxygen atoms in total. The summed E-state index contributed by atoms with van der Waals surface area (Å²) in [5.41, 5.74) is 1.05. The average molecular weight is 365 g/mol. The van der Waals surface area contributed by atoms with Crippen LogP contribution in [0.5, 0.6) is 0 Å². The highest BCUT2D eigenvalue weighted by Gasteiger charge is 2.52. The largest absolute Gasteiger partial charge is 0.491 e. The average Bonchev–Trinajstić information content (AvgIpc) is 3.05. The molecule has 0 spiro atoms. The Balaban J connectivity index is 2.28. The summed E-state index contributed by atoms with van der Waals surface area (Å²) in [5, 5.41) is 0.0201. The van der Waals surface area contributed by atoms with Crippen molar-refractivity contribution in [3.63, 3.8) is 0 Å². The van der Waals surface area contributed by atoms with Crippen LogP contribution in [0.2, 0.25) is 0 Å². The van der Waals surface area contributed by atoms with E-state index < -0.39 is 24.3 Å². The number of nitrogens with one attached hydrogen (secondary N) is 1. The maximum absolute atomic E-state index is 11.6. The lowest BCUT2D eigenvalue weighted by Gasteiger charge is -2.32. The van der Waals surface area contributed by atoms with E-state index in [1.54, 1.807) is 12.3 Å². The number of esters is 1. The predicted octanol–water partition coefficient (Wildman–Crippen LogP) is 3.10. The van der Waals surface area contributed by atoms with Crippen LogP contribution in [0.1, 0.15) is 50.7 Å². The van der Waals surface area contributed by atoms with Crippen LogP contribution in [-0.4, -0.2) is 47.3 Å². The number of rotatable bonds is 5. The Hall–Kier alpha value is -1.51. The molecule has 1 saturated heterocycles. The van der Waals surface area contributed by atoms with Crippen molar-refractivity contribution in [1.82, 2.24) is 4.98 Å². The normalized spacial score (nSPS) is 19.1. The Kier molecular flexibility index (Phi) is 5.86. The Morgan fingerprint density at radius 2 is 1.88 bits per heavy atom. The molecule has 1 aromatic heterocycles. The zero-order chi connectivity index (χ0) is 18.8. The van der Waals surface area contributed by atoms with E-state index in [0.717, 1.165) is 11.0 Å². The van der Waals surface area contributed by atoms with Crippen molar-refractivity contribution >= 4 is 36.0 Å². The molecular weight excluding hydrogens is 341 g/mol. The summed E-state index contributed by atoms with van der Waals surface area (Å²) in [6.07, 6.45) is 3.58. The zero-order valence-electron chi connectivity index (χ0n) is 15.5. The summed E-state index contributed by atoms with van der Waals surface area (Å²) < 4.78 is 16.9. The van der Waals surface area contributed by atoms with Gasteiger partial charge in [0.2, 0.25) is 0 Å². The summed E-state index contributed by atoms with van der Waals surface area (Å²) in [4.78, 5) is 25.8. The molecule has 0 radical (unpaired) electrons. The fourth-order valence-corrected chi connectivity index (χ4v) is 2.88. The van der Waals surface area contributed by atoms with Crippen LogP contribution >= 0.6 is 11.8 Å². The number of ether oxygens (including phenoxy) is 1. The van der Waals surface area contributed by atoms with Gasteiger partial charge >= 0.3 is 13.1 Å². The van der Waals surface area contributed by atoms with Crippen molar-refractivity contribution in [2.75, 3.05) is 12.9 Å². The number of carbonyl (C=O) groups is 2. The number of aromatic nitrogens is 1. The molecule has 1 aliphatic heterocycles. The Morgan fingerprint density at radius 1 is 1.28 bits per heavy atom. The molecule has 1 aromatic rings. The van der Waals surface area contributed by atoms with Crippen LogP contribution in [0.25, 0.3) is 6.08 Å². The Bertz CT molecular complexity index is 679. The smallest absolute Gasteiger partial charge is 0.464 e. The quantitative estimate of drug-likeness (QED) is 0.638. The number of aromatic amines is 1. The second-order valence-corrected chi connectivity index (χ2v) is 8.08. The molecule has 1 fully saturated rings. The van der Waals surface area contributed by atoms with Crippen LogP contribution in [0.4, 0.5) is 0 Å². The van der Waals surface area contributed by atoms with Crippen molar-refractivity contribution in [3.8, 4) is 0 Å². The molecule has 0 aromatic carbocycles. The van der Waals surface area contributed by atoms with Gasteiger partial charge in [-0.25, -0.2) is 4.79 Å². The maximum atomic E-state index is 11.6. The third-order valence-corrected chi connectivity index (χ3v) is 5.35. The minimum absolute atomic E-state index is 0.0201. The molecule has 8 heteroatoms. The summed E-state index contributed by atoms with van der Waals surface area (Å²) >= 11 is 1.19. The fraction of sp³-hybridized carbons (Fsp3) is 0.529. The summed E-state index contributed by atoms with van der Waals surface area (Å²) in [6, 6.07) is 1.69. The van der Waals surface area contributed by atoms with Crippen molar-refractivity contribution in [2.24, 2.45) is 0 Å². The van der Waals surface area contributed by atoms with Crippen molar-refractivity contribution in [3.05, 3.63) is 29.0 Å². The fourth-order valence-electron chi connectivity index (χ4n) is 2.29. The second-order valence-electron chi connectivity index (χ2n) is 6.93. The standard InChI is InChI=1S/C17H24BNO5S/c1-11(20)25-10-13(18-23-16(2,3)17(4,5)24-18)7-12-8-14(19-9-12)15(21)22-6/h7-9,19H,10H2,1-6H3. The van der Waals surface area contributed by atoms with Crippen LogP contribution in [-0.2, 0) is 18.8 Å². The summed E-state index contributed by atoms with van der Waals surface area (Å²) in [6.45, 7) is 9.45. The number of hydrogen-bond donors (Lipinski definition) is 1. The first-order valence-electron chi connectivity index (χ1n) is 8.02. The topological polar surface area (TPSA) is 77.6 Å². The van der Waals surface area contributed by atoms with Gasteiger partial charge in [-0.3, -0.25) is 4.79 Å². The molecule has 2 rings (SSSR count). The third kappa shape index (κ3) is 4.57. The van der Waals surface area contributed by atoms with Crippen LogP contribution in [0.15, 0.2) is 17.7 Å². The van der Waals surface area contributed by atoms with Gasteiger partial charge in [-0.1, -0.05) is 17.8 Å². The third-order valence-electron chi connectivity index (χ3n) is 4.46.